The van der Waals surface area contributed by atoms with Crippen LogP contribution in [0.5, 0.6) is 5.06 Å². The summed E-state index contributed by atoms with van der Waals surface area (Å²) in [6.45, 7) is 0. The number of aromatic nitrogens is 1. The molecule has 0 fully saturated rings. The lowest BCUT2D eigenvalue weighted by molar-refractivity contribution is 0.146. The van der Waals surface area contributed by atoms with E-state index in [0.29, 0.717) is 11.3 Å². The number of benzene rings is 2. The first-order chi connectivity index (χ1) is 11.2. The van der Waals surface area contributed by atoms with Crippen molar-refractivity contribution >= 4 is 17.7 Å². The molecule has 0 amide bonds. The predicted molar refractivity (Wildman–Crippen MR) is 86.4 cm³/mol. The summed E-state index contributed by atoms with van der Waals surface area (Å²) in [5, 5.41) is 18.2. The molecule has 1 heterocycles. The van der Waals surface area contributed by atoms with Crippen molar-refractivity contribution in [2.75, 3.05) is 0 Å². The minimum Gasteiger partial charge on any atom is -0.449 e. The molecule has 0 aliphatic carbocycles. The molecule has 0 unspecified atom stereocenters. The van der Waals surface area contributed by atoms with Gasteiger partial charge in [-0.15, -0.1) is 0 Å². The highest BCUT2D eigenvalue weighted by atomic mass is 32.1. The van der Waals surface area contributed by atoms with E-state index in [9.17, 15) is 10.1 Å². The maximum Gasteiger partial charge on any atom is 0.512 e. The standard InChI is InChI=1S/C17H10N2O3S/c18-10-13-8-12(15-9-16(23-19-15)22-17(20)21)6-7-14(13)11-4-2-1-3-5-11/h1-9H,(H,20,21). The fraction of sp³-hybridized carbons (Fsp3) is 0. The van der Waals surface area contributed by atoms with E-state index < -0.39 is 6.16 Å². The van der Waals surface area contributed by atoms with Crippen LogP contribution >= 0.6 is 11.5 Å². The Morgan fingerprint density at radius 2 is 1.91 bits per heavy atom. The molecule has 0 saturated heterocycles. The normalized spacial score (nSPS) is 10.0. The third kappa shape index (κ3) is 3.20. The molecule has 112 valence electrons. The second kappa shape index (κ2) is 6.30. The summed E-state index contributed by atoms with van der Waals surface area (Å²) in [5.74, 6) is 0. The Kier molecular flexibility index (Phi) is 4.04. The van der Waals surface area contributed by atoms with Gasteiger partial charge in [-0.3, -0.25) is 0 Å². The first-order valence-electron chi connectivity index (χ1n) is 6.65. The summed E-state index contributed by atoms with van der Waals surface area (Å²) >= 11 is 0.951. The van der Waals surface area contributed by atoms with Gasteiger partial charge >= 0.3 is 6.16 Å². The molecular formula is C17H10N2O3S. The van der Waals surface area contributed by atoms with Crippen LogP contribution in [0.25, 0.3) is 22.4 Å². The largest absolute Gasteiger partial charge is 0.512 e. The minimum absolute atomic E-state index is 0.193. The van der Waals surface area contributed by atoms with Crippen LogP contribution in [0.2, 0.25) is 0 Å². The van der Waals surface area contributed by atoms with Crippen molar-refractivity contribution in [3.8, 4) is 33.5 Å². The lowest BCUT2D eigenvalue weighted by Crippen LogP contribution is -2.00. The van der Waals surface area contributed by atoms with E-state index in [4.69, 9.17) is 5.11 Å². The van der Waals surface area contributed by atoms with Crippen molar-refractivity contribution in [3.05, 3.63) is 60.2 Å². The quantitative estimate of drug-likeness (QED) is 0.722. The topological polar surface area (TPSA) is 83.2 Å². The van der Waals surface area contributed by atoms with Gasteiger partial charge < -0.3 is 9.84 Å². The Labute approximate surface area is 136 Å². The molecule has 1 N–H and O–H groups in total. The molecule has 0 bridgehead atoms. The Morgan fingerprint density at radius 1 is 1.13 bits per heavy atom. The third-order valence-electron chi connectivity index (χ3n) is 3.20. The minimum atomic E-state index is -1.38. The van der Waals surface area contributed by atoms with Crippen molar-refractivity contribution in [2.45, 2.75) is 0 Å². The first kappa shape index (κ1) is 14.8. The van der Waals surface area contributed by atoms with Crippen LogP contribution in [0, 0.1) is 11.3 Å². The molecule has 3 aromatic rings. The third-order valence-corrected chi connectivity index (χ3v) is 3.87. The van der Waals surface area contributed by atoms with Crippen molar-refractivity contribution in [1.82, 2.24) is 4.37 Å². The van der Waals surface area contributed by atoms with Gasteiger partial charge in [0.2, 0.25) is 5.06 Å². The first-order valence-corrected chi connectivity index (χ1v) is 7.42. The molecular weight excluding hydrogens is 312 g/mol. The number of hydrogen-bond acceptors (Lipinski definition) is 5. The number of rotatable bonds is 3. The van der Waals surface area contributed by atoms with Crippen LogP contribution in [0.15, 0.2) is 54.6 Å². The van der Waals surface area contributed by atoms with Gasteiger partial charge in [0.05, 0.1) is 17.3 Å². The maximum absolute atomic E-state index is 10.5. The summed E-state index contributed by atoms with van der Waals surface area (Å²) in [4.78, 5) is 10.5. The maximum atomic E-state index is 10.5. The number of ether oxygens (including phenoxy) is 1. The smallest absolute Gasteiger partial charge is 0.449 e. The van der Waals surface area contributed by atoms with E-state index in [1.54, 1.807) is 6.07 Å². The van der Waals surface area contributed by atoms with E-state index >= 15 is 0 Å². The summed E-state index contributed by atoms with van der Waals surface area (Å²) in [7, 11) is 0. The van der Waals surface area contributed by atoms with Crippen molar-refractivity contribution in [2.24, 2.45) is 0 Å². The van der Waals surface area contributed by atoms with Crippen LogP contribution in [0.4, 0.5) is 4.79 Å². The SMILES string of the molecule is N#Cc1cc(-c2cc(OC(=O)O)sn2)ccc1-c1ccccc1. The fourth-order valence-electron chi connectivity index (χ4n) is 2.19. The highest BCUT2D eigenvalue weighted by Gasteiger charge is 2.11. The summed E-state index contributed by atoms with van der Waals surface area (Å²) in [6, 6.07) is 18.8. The molecule has 0 saturated carbocycles. The van der Waals surface area contributed by atoms with E-state index in [0.717, 1.165) is 28.2 Å². The lowest BCUT2D eigenvalue weighted by atomic mass is 9.97. The number of hydrogen-bond donors (Lipinski definition) is 1. The average Bonchev–Trinajstić information content (AvgIpc) is 3.02. The van der Waals surface area contributed by atoms with Gasteiger partial charge in [0.15, 0.2) is 0 Å². The molecule has 0 spiro atoms. The average molecular weight is 322 g/mol. The molecule has 0 radical (unpaired) electrons. The van der Waals surface area contributed by atoms with Gasteiger partial charge in [-0.25, -0.2) is 4.79 Å². The molecule has 5 nitrogen and oxygen atoms in total. The highest BCUT2D eigenvalue weighted by Crippen LogP contribution is 2.31. The van der Waals surface area contributed by atoms with Gasteiger partial charge in [0.25, 0.3) is 0 Å². The lowest BCUT2D eigenvalue weighted by Gasteiger charge is -2.06. The van der Waals surface area contributed by atoms with Crippen LogP contribution in [0.1, 0.15) is 5.56 Å². The second-order valence-electron chi connectivity index (χ2n) is 4.64. The second-order valence-corrected chi connectivity index (χ2v) is 5.40. The number of nitrogens with zero attached hydrogens (tertiary/aromatic N) is 2. The van der Waals surface area contributed by atoms with Gasteiger partial charge in [-0.2, -0.15) is 9.64 Å². The summed E-state index contributed by atoms with van der Waals surface area (Å²) < 4.78 is 8.73. The van der Waals surface area contributed by atoms with Crippen LogP contribution in [0.3, 0.4) is 0 Å². The van der Waals surface area contributed by atoms with Gasteiger partial charge in [-0.1, -0.05) is 42.5 Å². The van der Waals surface area contributed by atoms with Gasteiger partial charge in [0.1, 0.15) is 0 Å². The molecule has 1 aromatic heterocycles. The van der Waals surface area contributed by atoms with E-state index in [1.807, 2.05) is 42.5 Å². The van der Waals surface area contributed by atoms with Gasteiger partial charge in [0, 0.05) is 23.2 Å². The fourth-order valence-corrected chi connectivity index (χ4v) is 2.81. The Morgan fingerprint density at radius 3 is 2.61 bits per heavy atom. The monoisotopic (exact) mass is 322 g/mol. The van der Waals surface area contributed by atoms with E-state index in [2.05, 4.69) is 15.2 Å². The summed E-state index contributed by atoms with van der Waals surface area (Å²) in [5.41, 5.74) is 3.64. The molecule has 2 aromatic carbocycles. The molecule has 23 heavy (non-hydrogen) atoms. The zero-order valence-electron chi connectivity index (χ0n) is 11.8. The van der Waals surface area contributed by atoms with E-state index in [1.165, 1.54) is 6.07 Å². The van der Waals surface area contributed by atoms with Gasteiger partial charge in [-0.05, 0) is 17.2 Å². The van der Waals surface area contributed by atoms with Crippen molar-refractivity contribution in [1.29, 1.82) is 5.26 Å². The van der Waals surface area contributed by atoms with Crippen molar-refractivity contribution < 1.29 is 14.6 Å². The van der Waals surface area contributed by atoms with Crippen LogP contribution < -0.4 is 4.74 Å². The molecule has 0 aliphatic rings. The number of carboxylic acid groups (broad SMARTS) is 1. The molecule has 3 rings (SSSR count). The summed E-state index contributed by atoms with van der Waals surface area (Å²) in [6.07, 6.45) is -1.38. The molecule has 0 aliphatic heterocycles. The molecule has 6 heteroatoms. The Bertz CT molecular complexity index is 898. The van der Waals surface area contributed by atoms with Crippen molar-refractivity contribution in [3.63, 3.8) is 0 Å². The highest BCUT2D eigenvalue weighted by molar-refractivity contribution is 7.08. The zero-order valence-corrected chi connectivity index (χ0v) is 12.6. The predicted octanol–water partition coefficient (Wildman–Crippen LogP) is 4.41. The number of nitriles is 1. The zero-order chi connectivity index (χ0) is 16.2. The van der Waals surface area contributed by atoms with E-state index in [-0.39, 0.29) is 5.06 Å². The Hall–Kier alpha value is -3.17. The Balaban J connectivity index is 1.98. The number of carbonyl (C=O) groups is 1. The molecule has 0 atom stereocenters. The van der Waals surface area contributed by atoms with Crippen LogP contribution in [-0.2, 0) is 0 Å². The van der Waals surface area contributed by atoms with Crippen LogP contribution in [-0.4, -0.2) is 15.6 Å².